The number of nitro benzene ring substituents is 1. The summed E-state index contributed by atoms with van der Waals surface area (Å²) in [6.45, 7) is 10.6. The summed E-state index contributed by atoms with van der Waals surface area (Å²) < 4.78 is 0. The molecule has 1 aromatic carbocycles. The van der Waals surface area contributed by atoms with E-state index in [1.54, 1.807) is 12.1 Å². The second-order valence-electron chi connectivity index (χ2n) is 6.66. The molecule has 20 heavy (non-hydrogen) atoms. The first kappa shape index (κ1) is 15.3. The van der Waals surface area contributed by atoms with Crippen LogP contribution in [-0.2, 0) is 6.54 Å². The number of benzene rings is 1. The fourth-order valence-electron chi connectivity index (χ4n) is 3.00. The van der Waals surface area contributed by atoms with Crippen molar-refractivity contribution in [3.63, 3.8) is 0 Å². The Kier molecular flexibility index (Phi) is 3.82. The Morgan fingerprint density at radius 1 is 1.30 bits per heavy atom. The minimum atomic E-state index is -0.396. The Hall–Kier alpha value is -1.13. The van der Waals surface area contributed by atoms with Crippen molar-refractivity contribution in [2.24, 2.45) is 16.7 Å². The lowest BCUT2D eigenvalue weighted by atomic mass is 10.0. The maximum Gasteiger partial charge on any atom is 0.269 e. The molecule has 1 N–H and O–H groups in total. The zero-order valence-corrected chi connectivity index (χ0v) is 13.1. The number of hydrogen-bond acceptors (Lipinski definition) is 3. The molecule has 2 rings (SSSR count). The van der Waals surface area contributed by atoms with Gasteiger partial charge in [0.25, 0.3) is 5.69 Å². The van der Waals surface area contributed by atoms with Crippen molar-refractivity contribution in [3.05, 3.63) is 38.9 Å². The third-order valence-corrected chi connectivity index (χ3v) is 5.59. The number of nitro groups is 1. The summed E-state index contributed by atoms with van der Waals surface area (Å²) in [5.74, 6) is 0.618. The van der Waals surface area contributed by atoms with Crippen LogP contribution in [0.2, 0.25) is 5.02 Å². The molecule has 1 aliphatic carbocycles. The first-order valence-corrected chi connectivity index (χ1v) is 7.19. The smallest absolute Gasteiger partial charge is 0.269 e. The zero-order chi connectivity index (χ0) is 15.1. The summed E-state index contributed by atoms with van der Waals surface area (Å²) in [6, 6.07) is 4.55. The molecule has 0 aromatic heterocycles. The van der Waals surface area contributed by atoms with E-state index in [2.05, 4.69) is 33.0 Å². The third kappa shape index (κ3) is 2.54. The Bertz CT molecular complexity index is 527. The lowest BCUT2D eigenvalue weighted by Gasteiger charge is -2.08. The standard InChI is InChI=1S/C15H21ClN2O2/c1-14(2)13(15(14,3)4)9-17-8-10-7-11(18(19)20)5-6-12(10)16/h5-7,13,17H,8-9H2,1-4H3. The first-order valence-electron chi connectivity index (χ1n) is 6.81. The largest absolute Gasteiger partial charge is 0.312 e. The molecule has 0 heterocycles. The lowest BCUT2D eigenvalue weighted by molar-refractivity contribution is -0.384. The first-order chi connectivity index (χ1) is 9.18. The van der Waals surface area contributed by atoms with Crippen LogP contribution in [-0.4, -0.2) is 11.5 Å². The van der Waals surface area contributed by atoms with Gasteiger partial charge in [-0.05, 0) is 34.9 Å². The van der Waals surface area contributed by atoms with E-state index < -0.39 is 4.92 Å². The van der Waals surface area contributed by atoms with E-state index in [1.807, 2.05) is 0 Å². The van der Waals surface area contributed by atoms with Crippen LogP contribution >= 0.6 is 11.6 Å². The van der Waals surface area contributed by atoms with Gasteiger partial charge in [0.2, 0.25) is 0 Å². The molecule has 0 radical (unpaired) electrons. The second kappa shape index (κ2) is 5.01. The van der Waals surface area contributed by atoms with Crippen molar-refractivity contribution < 1.29 is 4.92 Å². The molecular formula is C15H21ClN2O2. The summed E-state index contributed by atoms with van der Waals surface area (Å²) in [4.78, 5) is 10.4. The Labute approximate surface area is 124 Å². The summed E-state index contributed by atoms with van der Waals surface area (Å²) in [6.07, 6.45) is 0. The predicted molar refractivity (Wildman–Crippen MR) is 80.9 cm³/mol. The fraction of sp³-hybridized carbons (Fsp3) is 0.600. The molecule has 1 aromatic rings. The molecule has 0 bridgehead atoms. The van der Waals surface area contributed by atoms with E-state index in [0.29, 0.717) is 28.3 Å². The van der Waals surface area contributed by atoms with E-state index in [-0.39, 0.29) is 5.69 Å². The lowest BCUT2D eigenvalue weighted by Crippen LogP contribution is -2.19. The summed E-state index contributed by atoms with van der Waals surface area (Å²) in [5, 5.41) is 14.7. The average Bonchev–Trinajstić information content (AvgIpc) is 2.73. The zero-order valence-electron chi connectivity index (χ0n) is 12.4. The molecule has 5 heteroatoms. The highest BCUT2D eigenvalue weighted by Gasteiger charge is 2.63. The van der Waals surface area contributed by atoms with Crippen molar-refractivity contribution >= 4 is 17.3 Å². The number of nitrogens with zero attached hydrogens (tertiary/aromatic N) is 1. The van der Waals surface area contributed by atoms with Crippen molar-refractivity contribution in [2.45, 2.75) is 34.2 Å². The van der Waals surface area contributed by atoms with Crippen LogP contribution in [0.1, 0.15) is 33.3 Å². The van der Waals surface area contributed by atoms with E-state index in [1.165, 1.54) is 6.07 Å². The van der Waals surface area contributed by atoms with Crippen LogP contribution in [0.25, 0.3) is 0 Å². The molecular weight excluding hydrogens is 276 g/mol. The van der Waals surface area contributed by atoms with Gasteiger partial charge < -0.3 is 5.32 Å². The van der Waals surface area contributed by atoms with Gasteiger partial charge in [-0.25, -0.2) is 0 Å². The minimum absolute atomic E-state index is 0.0817. The van der Waals surface area contributed by atoms with Crippen LogP contribution in [0.5, 0.6) is 0 Å². The molecule has 1 aliphatic rings. The molecule has 0 unspecified atom stereocenters. The molecule has 1 saturated carbocycles. The Morgan fingerprint density at radius 2 is 1.90 bits per heavy atom. The molecule has 0 saturated heterocycles. The highest BCUT2D eigenvalue weighted by atomic mass is 35.5. The van der Waals surface area contributed by atoms with Crippen LogP contribution < -0.4 is 5.32 Å². The second-order valence-corrected chi connectivity index (χ2v) is 7.07. The summed E-state index contributed by atoms with van der Waals surface area (Å²) in [5.41, 5.74) is 1.54. The van der Waals surface area contributed by atoms with Crippen molar-refractivity contribution in [1.29, 1.82) is 0 Å². The highest BCUT2D eigenvalue weighted by Crippen LogP contribution is 2.67. The molecule has 0 spiro atoms. The van der Waals surface area contributed by atoms with Crippen LogP contribution in [0.15, 0.2) is 18.2 Å². The quantitative estimate of drug-likeness (QED) is 0.659. The van der Waals surface area contributed by atoms with Crippen LogP contribution in [0.3, 0.4) is 0 Å². The van der Waals surface area contributed by atoms with Gasteiger partial charge in [-0.2, -0.15) is 0 Å². The normalized spacial score (nSPS) is 19.9. The maximum atomic E-state index is 10.8. The minimum Gasteiger partial charge on any atom is -0.312 e. The van der Waals surface area contributed by atoms with Crippen molar-refractivity contribution in [2.75, 3.05) is 6.54 Å². The van der Waals surface area contributed by atoms with Crippen molar-refractivity contribution in [3.8, 4) is 0 Å². The average molecular weight is 297 g/mol. The fourth-order valence-corrected chi connectivity index (χ4v) is 3.19. The predicted octanol–water partition coefficient (Wildman–Crippen LogP) is 4.02. The number of non-ortho nitro benzene ring substituents is 1. The van der Waals surface area contributed by atoms with E-state index in [0.717, 1.165) is 12.1 Å². The van der Waals surface area contributed by atoms with Gasteiger partial charge in [-0.3, -0.25) is 10.1 Å². The number of hydrogen-bond donors (Lipinski definition) is 1. The van der Waals surface area contributed by atoms with E-state index >= 15 is 0 Å². The maximum absolute atomic E-state index is 10.8. The molecule has 1 fully saturated rings. The van der Waals surface area contributed by atoms with Gasteiger partial charge >= 0.3 is 0 Å². The van der Waals surface area contributed by atoms with Gasteiger partial charge in [-0.1, -0.05) is 39.3 Å². The molecule has 0 atom stereocenters. The molecule has 4 nitrogen and oxygen atoms in total. The number of halogens is 1. The van der Waals surface area contributed by atoms with Crippen LogP contribution in [0.4, 0.5) is 5.69 Å². The van der Waals surface area contributed by atoms with Gasteiger partial charge in [-0.15, -0.1) is 0 Å². The van der Waals surface area contributed by atoms with E-state index in [9.17, 15) is 10.1 Å². The van der Waals surface area contributed by atoms with Gasteiger partial charge in [0.05, 0.1) is 4.92 Å². The molecule has 0 amide bonds. The topological polar surface area (TPSA) is 55.2 Å². The SMILES string of the molecule is CC1(C)C(CNCc2cc([N+](=O)[O-])ccc2Cl)C1(C)C. The third-order valence-electron chi connectivity index (χ3n) is 5.22. The Balaban J connectivity index is 1.95. The molecule has 0 aliphatic heterocycles. The number of nitrogens with one attached hydrogen (secondary N) is 1. The van der Waals surface area contributed by atoms with Crippen molar-refractivity contribution in [1.82, 2.24) is 5.32 Å². The summed E-state index contributed by atoms with van der Waals surface area (Å²) in [7, 11) is 0. The Morgan fingerprint density at radius 3 is 2.40 bits per heavy atom. The van der Waals surface area contributed by atoms with Gasteiger partial charge in [0.15, 0.2) is 0 Å². The highest BCUT2D eigenvalue weighted by molar-refractivity contribution is 6.31. The van der Waals surface area contributed by atoms with E-state index in [4.69, 9.17) is 11.6 Å². The van der Waals surface area contributed by atoms with Gasteiger partial charge in [0, 0.05) is 23.7 Å². The van der Waals surface area contributed by atoms with Crippen LogP contribution in [0, 0.1) is 26.9 Å². The summed E-state index contributed by atoms with van der Waals surface area (Å²) >= 11 is 6.08. The monoisotopic (exact) mass is 296 g/mol. The van der Waals surface area contributed by atoms with Gasteiger partial charge in [0.1, 0.15) is 0 Å². The number of rotatable bonds is 5. The molecule has 110 valence electrons.